The molecule has 0 saturated heterocycles. The molecular weight excluding hydrogens is 352 g/mol. The van der Waals surface area contributed by atoms with Crippen LogP contribution in [0.5, 0.6) is 5.75 Å². The summed E-state index contributed by atoms with van der Waals surface area (Å²) >= 11 is 0. The first-order chi connectivity index (χ1) is 14.3. The molecule has 2 aromatic carbocycles. The number of hydrogen-bond acceptors (Lipinski definition) is 1. The van der Waals surface area contributed by atoms with E-state index in [-0.39, 0.29) is 0 Å². The summed E-state index contributed by atoms with van der Waals surface area (Å²) in [5.74, 6) is 9.12. The van der Waals surface area contributed by atoms with Crippen LogP contribution < -0.4 is 4.74 Å². The predicted octanol–water partition coefficient (Wildman–Crippen LogP) is 7.53. The van der Waals surface area contributed by atoms with Crippen LogP contribution in [0.15, 0.2) is 48.5 Å². The molecule has 154 valence electrons. The molecule has 0 atom stereocenters. The van der Waals surface area contributed by atoms with Gasteiger partial charge in [0.05, 0.1) is 6.61 Å². The van der Waals surface area contributed by atoms with Crippen molar-refractivity contribution in [1.29, 1.82) is 0 Å². The third-order valence-electron chi connectivity index (χ3n) is 6.01. The molecule has 29 heavy (non-hydrogen) atoms. The lowest BCUT2D eigenvalue weighted by Gasteiger charge is -2.26. The van der Waals surface area contributed by atoms with Crippen molar-refractivity contribution >= 4 is 0 Å². The zero-order valence-electron chi connectivity index (χ0n) is 18.3. The summed E-state index contributed by atoms with van der Waals surface area (Å²) in [4.78, 5) is 0. The Kier molecular flexibility index (Phi) is 8.69. The van der Waals surface area contributed by atoms with E-state index in [0.29, 0.717) is 11.8 Å². The third-order valence-corrected chi connectivity index (χ3v) is 6.01. The molecule has 0 spiro atoms. The minimum absolute atomic E-state index is 0.538. The Labute approximate surface area is 177 Å². The molecule has 0 aliphatic heterocycles. The van der Waals surface area contributed by atoms with Gasteiger partial charge in [0, 0.05) is 11.5 Å². The van der Waals surface area contributed by atoms with Crippen molar-refractivity contribution in [2.24, 2.45) is 5.92 Å². The van der Waals surface area contributed by atoms with E-state index in [9.17, 15) is 0 Å². The second-order valence-corrected chi connectivity index (χ2v) is 8.39. The van der Waals surface area contributed by atoms with Crippen molar-refractivity contribution in [3.8, 4) is 17.6 Å². The van der Waals surface area contributed by atoms with Crippen LogP contribution >= 0.6 is 0 Å². The van der Waals surface area contributed by atoms with Gasteiger partial charge in [-0.05, 0) is 79.8 Å². The molecule has 1 fully saturated rings. The zero-order valence-corrected chi connectivity index (χ0v) is 18.3. The molecular formula is C28H36O. The second-order valence-electron chi connectivity index (χ2n) is 8.39. The molecule has 3 rings (SSSR count). The Balaban J connectivity index is 1.45. The molecule has 1 heteroatoms. The van der Waals surface area contributed by atoms with Gasteiger partial charge < -0.3 is 4.74 Å². The van der Waals surface area contributed by atoms with Crippen molar-refractivity contribution in [3.05, 3.63) is 65.2 Å². The van der Waals surface area contributed by atoms with E-state index >= 15 is 0 Å². The Bertz CT molecular complexity index is 768. The van der Waals surface area contributed by atoms with Crippen LogP contribution in [-0.4, -0.2) is 6.61 Å². The van der Waals surface area contributed by atoms with Gasteiger partial charge in [-0.25, -0.2) is 0 Å². The molecule has 0 N–H and O–H groups in total. The quantitative estimate of drug-likeness (QED) is 0.335. The Morgan fingerprint density at radius 3 is 2.21 bits per heavy atom. The highest BCUT2D eigenvalue weighted by Gasteiger charge is 2.21. The Morgan fingerprint density at radius 2 is 1.55 bits per heavy atom. The van der Waals surface area contributed by atoms with Crippen molar-refractivity contribution in [2.75, 3.05) is 6.61 Å². The van der Waals surface area contributed by atoms with Gasteiger partial charge in [0.25, 0.3) is 0 Å². The molecule has 2 aromatic rings. The van der Waals surface area contributed by atoms with E-state index in [2.05, 4.69) is 74.2 Å². The van der Waals surface area contributed by atoms with E-state index in [0.717, 1.165) is 24.3 Å². The smallest absolute Gasteiger partial charge is 0.119 e. The maximum Gasteiger partial charge on any atom is 0.119 e. The van der Waals surface area contributed by atoms with Gasteiger partial charge in [0.15, 0.2) is 0 Å². The summed E-state index contributed by atoms with van der Waals surface area (Å²) in [7, 11) is 0. The highest BCUT2D eigenvalue weighted by molar-refractivity contribution is 5.38. The fraction of sp³-hybridized carbons (Fsp3) is 0.500. The number of aryl methyl sites for hydroxylation is 1. The average molecular weight is 389 g/mol. The van der Waals surface area contributed by atoms with Crippen LogP contribution in [0, 0.1) is 17.8 Å². The average Bonchev–Trinajstić information content (AvgIpc) is 2.77. The van der Waals surface area contributed by atoms with Gasteiger partial charge in [-0.15, -0.1) is 0 Å². The summed E-state index contributed by atoms with van der Waals surface area (Å²) in [6.45, 7) is 5.26. The predicted molar refractivity (Wildman–Crippen MR) is 123 cm³/mol. The molecule has 0 heterocycles. The van der Waals surface area contributed by atoms with Crippen molar-refractivity contribution in [1.82, 2.24) is 0 Å². The minimum Gasteiger partial charge on any atom is -0.494 e. The number of hydrogen-bond donors (Lipinski definition) is 0. The van der Waals surface area contributed by atoms with E-state index < -0.39 is 0 Å². The summed E-state index contributed by atoms with van der Waals surface area (Å²) in [6.07, 6.45) is 10.9. The topological polar surface area (TPSA) is 9.23 Å². The van der Waals surface area contributed by atoms with Crippen molar-refractivity contribution < 1.29 is 4.74 Å². The summed E-state index contributed by atoms with van der Waals surface area (Å²) in [5.41, 5.74) is 4.08. The van der Waals surface area contributed by atoms with Gasteiger partial charge in [0.2, 0.25) is 0 Å². The zero-order chi connectivity index (χ0) is 20.3. The van der Waals surface area contributed by atoms with Gasteiger partial charge in [0.1, 0.15) is 5.75 Å². The fourth-order valence-electron chi connectivity index (χ4n) is 4.18. The maximum atomic E-state index is 5.78. The number of rotatable bonds is 8. The van der Waals surface area contributed by atoms with E-state index in [1.165, 1.54) is 62.5 Å². The summed E-state index contributed by atoms with van der Waals surface area (Å²) in [5, 5.41) is 0. The van der Waals surface area contributed by atoms with Crippen LogP contribution in [-0.2, 0) is 6.42 Å². The van der Waals surface area contributed by atoms with Gasteiger partial charge in [-0.1, -0.05) is 69.2 Å². The lowest BCUT2D eigenvalue weighted by Crippen LogP contribution is -2.12. The SMILES string of the molecule is CCCCCOc1ccc(C#CC2CCC(c3ccc(CCC)cc3)CC2)cc1. The molecule has 0 aromatic heterocycles. The minimum atomic E-state index is 0.538. The number of benzene rings is 2. The Hall–Kier alpha value is -2.20. The standard InChI is InChI=1S/C28H36O/c1-3-5-6-22-29-28-20-14-25(15-21-28)9-8-24-12-18-27(19-13-24)26-16-10-23(7-4-2)11-17-26/h10-11,14-17,20-21,24,27H,3-7,12-13,18-19,22H2,1-2H3. The molecule has 0 amide bonds. The van der Waals surface area contributed by atoms with Gasteiger partial charge in [-0.3, -0.25) is 0 Å². The first-order valence-electron chi connectivity index (χ1n) is 11.6. The Morgan fingerprint density at radius 1 is 0.828 bits per heavy atom. The van der Waals surface area contributed by atoms with E-state index in [4.69, 9.17) is 4.74 Å². The van der Waals surface area contributed by atoms with Crippen LogP contribution in [0.4, 0.5) is 0 Å². The van der Waals surface area contributed by atoms with E-state index in [1.54, 1.807) is 0 Å². The highest BCUT2D eigenvalue weighted by Crippen LogP contribution is 2.35. The summed E-state index contributed by atoms with van der Waals surface area (Å²) < 4.78 is 5.78. The van der Waals surface area contributed by atoms with Gasteiger partial charge in [-0.2, -0.15) is 0 Å². The molecule has 0 bridgehead atoms. The largest absolute Gasteiger partial charge is 0.494 e. The lowest BCUT2D eigenvalue weighted by molar-refractivity contribution is 0.306. The lowest BCUT2D eigenvalue weighted by atomic mass is 9.79. The van der Waals surface area contributed by atoms with E-state index in [1.807, 2.05) is 0 Å². The first-order valence-corrected chi connectivity index (χ1v) is 11.6. The van der Waals surface area contributed by atoms with Gasteiger partial charge >= 0.3 is 0 Å². The fourth-order valence-corrected chi connectivity index (χ4v) is 4.18. The molecule has 1 aliphatic carbocycles. The van der Waals surface area contributed by atoms with Crippen molar-refractivity contribution in [2.45, 2.75) is 77.6 Å². The van der Waals surface area contributed by atoms with Crippen LogP contribution in [0.3, 0.4) is 0 Å². The molecule has 0 unspecified atom stereocenters. The molecule has 1 nitrogen and oxygen atoms in total. The second kappa shape index (κ2) is 11.7. The normalized spacial score (nSPS) is 18.7. The molecule has 1 aliphatic rings. The van der Waals surface area contributed by atoms with Crippen molar-refractivity contribution in [3.63, 3.8) is 0 Å². The highest BCUT2D eigenvalue weighted by atomic mass is 16.5. The number of unbranched alkanes of at least 4 members (excludes halogenated alkanes) is 2. The molecule has 0 radical (unpaired) electrons. The molecule has 1 saturated carbocycles. The number of ether oxygens (including phenoxy) is 1. The maximum absolute atomic E-state index is 5.78. The van der Waals surface area contributed by atoms with Crippen LogP contribution in [0.1, 0.15) is 87.8 Å². The summed E-state index contributed by atoms with van der Waals surface area (Å²) in [6, 6.07) is 17.6. The third kappa shape index (κ3) is 6.97. The van der Waals surface area contributed by atoms with Crippen LogP contribution in [0.25, 0.3) is 0 Å². The monoisotopic (exact) mass is 388 g/mol. The van der Waals surface area contributed by atoms with Crippen LogP contribution in [0.2, 0.25) is 0 Å². The first kappa shape index (κ1) is 21.5.